The average Bonchev–Trinajstić information content (AvgIpc) is 2.68. The Morgan fingerprint density at radius 2 is 2.19 bits per heavy atom. The molecule has 0 aromatic rings. The van der Waals surface area contributed by atoms with E-state index >= 15 is 0 Å². The predicted molar refractivity (Wildman–Crippen MR) is 68.6 cm³/mol. The maximum absolute atomic E-state index is 10.3. The topological polar surface area (TPSA) is 35.5 Å². The molecule has 1 saturated heterocycles. The molecule has 2 atom stereocenters. The van der Waals surface area contributed by atoms with E-state index in [4.69, 9.17) is 0 Å². The van der Waals surface area contributed by atoms with Gasteiger partial charge in [0.15, 0.2) is 0 Å². The monoisotopic (exact) mass is 228 g/mol. The van der Waals surface area contributed by atoms with Crippen molar-refractivity contribution in [3.05, 3.63) is 0 Å². The summed E-state index contributed by atoms with van der Waals surface area (Å²) in [6, 6.07) is 0.628. The first kappa shape index (κ1) is 13.9. The summed E-state index contributed by atoms with van der Waals surface area (Å²) in [5, 5.41) is 13.8. The molecule has 3 heteroatoms. The molecule has 0 aliphatic carbocycles. The van der Waals surface area contributed by atoms with E-state index in [1.54, 1.807) is 0 Å². The van der Waals surface area contributed by atoms with Gasteiger partial charge in [-0.3, -0.25) is 4.90 Å². The number of hydrogen-bond acceptors (Lipinski definition) is 3. The smallest absolute Gasteiger partial charge is 0.0768 e. The van der Waals surface area contributed by atoms with Gasteiger partial charge in [-0.25, -0.2) is 0 Å². The molecule has 1 heterocycles. The van der Waals surface area contributed by atoms with Crippen molar-refractivity contribution in [2.75, 3.05) is 26.2 Å². The van der Waals surface area contributed by atoms with Crippen LogP contribution in [0.1, 0.15) is 40.5 Å². The Labute approximate surface area is 100 Å². The standard InChI is InChI=1S/C13H28N2O/c1-5-15(9-12-7-6-8-14-12)10-13(4,16)11(2)3/h11-12,14,16H,5-10H2,1-4H3. The van der Waals surface area contributed by atoms with E-state index in [0.29, 0.717) is 12.0 Å². The quantitative estimate of drug-likeness (QED) is 0.722. The normalized spacial score (nSPS) is 25.3. The van der Waals surface area contributed by atoms with E-state index in [1.807, 2.05) is 6.92 Å². The number of nitrogens with zero attached hydrogens (tertiary/aromatic N) is 1. The van der Waals surface area contributed by atoms with Crippen LogP contribution in [0, 0.1) is 5.92 Å². The van der Waals surface area contributed by atoms with Crippen molar-refractivity contribution in [2.45, 2.75) is 52.2 Å². The predicted octanol–water partition coefficient (Wildman–Crippen LogP) is 1.47. The van der Waals surface area contributed by atoms with E-state index in [1.165, 1.54) is 12.8 Å². The van der Waals surface area contributed by atoms with Crippen molar-refractivity contribution in [1.82, 2.24) is 10.2 Å². The summed E-state index contributed by atoms with van der Waals surface area (Å²) in [5.41, 5.74) is -0.575. The lowest BCUT2D eigenvalue weighted by Gasteiger charge is -2.35. The number of hydrogen-bond donors (Lipinski definition) is 2. The Kier molecular flexibility index (Phi) is 5.22. The molecule has 1 aliphatic heterocycles. The molecular formula is C13H28N2O. The van der Waals surface area contributed by atoms with Gasteiger partial charge in [0, 0.05) is 19.1 Å². The third-order valence-electron chi connectivity index (χ3n) is 3.88. The molecule has 16 heavy (non-hydrogen) atoms. The molecule has 0 aromatic heterocycles. The van der Waals surface area contributed by atoms with Gasteiger partial charge < -0.3 is 10.4 Å². The van der Waals surface area contributed by atoms with Crippen LogP contribution in [0.3, 0.4) is 0 Å². The highest BCUT2D eigenvalue weighted by molar-refractivity contribution is 4.84. The lowest BCUT2D eigenvalue weighted by molar-refractivity contribution is -0.0191. The van der Waals surface area contributed by atoms with Gasteiger partial charge in [0.2, 0.25) is 0 Å². The van der Waals surface area contributed by atoms with Gasteiger partial charge in [0.1, 0.15) is 0 Å². The summed E-state index contributed by atoms with van der Waals surface area (Å²) >= 11 is 0. The summed E-state index contributed by atoms with van der Waals surface area (Å²) in [6.07, 6.45) is 2.57. The van der Waals surface area contributed by atoms with Crippen LogP contribution in [-0.4, -0.2) is 47.8 Å². The van der Waals surface area contributed by atoms with Crippen molar-refractivity contribution in [3.63, 3.8) is 0 Å². The molecule has 0 saturated carbocycles. The third-order valence-corrected chi connectivity index (χ3v) is 3.88. The number of likely N-dealkylation sites (N-methyl/N-ethyl adjacent to an activating group) is 1. The van der Waals surface area contributed by atoms with Crippen molar-refractivity contribution in [3.8, 4) is 0 Å². The molecule has 96 valence electrons. The zero-order valence-corrected chi connectivity index (χ0v) is 11.3. The van der Waals surface area contributed by atoms with Gasteiger partial charge in [0.25, 0.3) is 0 Å². The first-order chi connectivity index (χ1) is 7.45. The average molecular weight is 228 g/mol. The van der Waals surface area contributed by atoms with Gasteiger partial charge >= 0.3 is 0 Å². The maximum atomic E-state index is 10.3. The van der Waals surface area contributed by atoms with E-state index in [9.17, 15) is 5.11 Å². The van der Waals surface area contributed by atoms with Gasteiger partial charge in [-0.1, -0.05) is 20.8 Å². The summed E-state index contributed by atoms with van der Waals surface area (Å²) in [7, 11) is 0. The Morgan fingerprint density at radius 1 is 1.50 bits per heavy atom. The highest BCUT2D eigenvalue weighted by Crippen LogP contribution is 2.18. The summed E-state index contributed by atoms with van der Waals surface area (Å²) < 4.78 is 0. The molecule has 0 radical (unpaired) electrons. The highest BCUT2D eigenvalue weighted by Gasteiger charge is 2.28. The molecule has 1 fully saturated rings. The van der Waals surface area contributed by atoms with Crippen LogP contribution in [0.5, 0.6) is 0 Å². The molecule has 1 aliphatic rings. The van der Waals surface area contributed by atoms with E-state index in [2.05, 4.69) is 31.0 Å². The zero-order valence-electron chi connectivity index (χ0n) is 11.3. The molecule has 2 N–H and O–H groups in total. The fraction of sp³-hybridized carbons (Fsp3) is 1.00. The molecule has 2 unspecified atom stereocenters. The van der Waals surface area contributed by atoms with Crippen LogP contribution in [0.15, 0.2) is 0 Å². The molecule has 0 spiro atoms. The molecule has 0 aromatic carbocycles. The fourth-order valence-electron chi connectivity index (χ4n) is 2.16. The fourth-order valence-corrected chi connectivity index (χ4v) is 2.16. The molecule has 1 rings (SSSR count). The third kappa shape index (κ3) is 4.04. The minimum Gasteiger partial charge on any atom is -0.389 e. The second-order valence-corrected chi connectivity index (χ2v) is 5.63. The first-order valence-corrected chi connectivity index (χ1v) is 6.64. The van der Waals surface area contributed by atoms with E-state index in [0.717, 1.165) is 26.2 Å². The van der Waals surface area contributed by atoms with Gasteiger partial charge in [0.05, 0.1) is 5.60 Å². The Bertz CT molecular complexity index is 198. The van der Waals surface area contributed by atoms with Crippen LogP contribution in [0.25, 0.3) is 0 Å². The summed E-state index contributed by atoms with van der Waals surface area (Å²) in [5.74, 6) is 0.304. The van der Waals surface area contributed by atoms with Gasteiger partial charge in [-0.15, -0.1) is 0 Å². The largest absolute Gasteiger partial charge is 0.389 e. The number of rotatable bonds is 6. The van der Waals surface area contributed by atoms with Crippen LogP contribution in [-0.2, 0) is 0 Å². The van der Waals surface area contributed by atoms with Crippen LogP contribution in [0.2, 0.25) is 0 Å². The second-order valence-electron chi connectivity index (χ2n) is 5.63. The molecule has 0 amide bonds. The van der Waals surface area contributed by atoms with Crippen molar-refractivity contribution < 1.29 is 5.11 Å². The highest BCUT2D eigenvalue weighted by atomic mass is 16.3. The summed E-state index contributed by atoms with van der Waals surface area (Å²) in [6.45, 7) is 12.3. The first-order valence-electron chi connectivity index (χ1n) is 6.64. The Balaban J connectivity index is 2.41. The zero-order chi connectivity index (χ0) is 12.2. The Hall–Kier alpha value is -0.120. The number of nitrogens with one attached hydrogen (secondary N) is 1. The van der Waals surface area contributed by atoms with Crippen molar-refractivity contribution in [2.24, 2.45) is 5.92 Å². The minimum absolute atomic E-state index is 0.304. The van der Waals surface area contributed by atoms with Crippen LogP contribution >= 0.6 is 0 Å². The van der Waals surface area contributed by atoms with Crippen LogP contribution < -0.4 is 5.32 Å². The summed E-state index contributed by atoms with van der Waals surface area (Å²) in [4.78, 5) is 2.36. The molecule has 3 nitrogen and oxygen atoms in total. The second kappa shape index (κ2) is 5.99. The van der Waals surface area contributed by atoms with Gasteiger partial charge in [-0.2, -0.15) is 0 Å². The lowest BCUT2D eigenvalue weighted by atomic mass is 9.92. The SMILES string of the molecule is CCN(CC1CCCN1)CC(C)(O)C(C)C. The van der Waals surface area contributed by atoms with E-state index < -0.39 is 5.60 Å². The molecular weight excluding hydrogens is 200 g/mol. The minimum atomic E-state index is -0.575. The number of aliphatic hydroxyl groups is 1. The van der Waals surface area contributed by atoms with Crippen LogP contribution in [0.4, 0.5) is 0 Å². The lowest BCUT2D eigenvalue weighted by Crippen LogP contribution is -2.48. The van der Waals surface area contributed by atoms with Crippen molar-refractivity contribution in [1.29, 1.82) is 0 Å². The molecule has 0 bridgehead atoms. The van der Waals surface area contributed by atoms with Gasteiger partial charge in [-0.05, 0) is 38.8 Å². The van der Waals surface area contributed by atoms with Crippen molar-refractivity contribution >= 4 is 0 Å². The Morgan fingerprint density at radius 3 is 2.62 bits per heavy atom. The van der Waals surface area contributed by atoms with E-state index in [-0.39, 0.29) is 0 Å². The maximum Gasteiger partial charge on any atom is 0.0768 e.